The molecule has 2 aliphatic carbocycles. The second kappa shape index (κ2) is 14.9. The molecule has 3 aliphatic rings. The van der Waals surface area contributed by atoms with Crippen molar-refractivity contribution >= 4 is 38.9 Å². The number of amides is 1. The van der Waals surface area contributed by atoms with Crippen LogP contribution in [0.3, 0.4) is 0 Å². The number of terminal acetylenes is 1. The Kier molecular flexibility index (Phi) is 12.4. The fourth-order valence-electron chi connectivity index (χ4n) is 8.38. The summed E-state index contributed by atoms with van der Waals surface area (Å²) in [4.78, 5) is 69.9. The highest BCUT2D eigenvalue weighted by Crippen LogP contribution is 2.65. The number of sulfone groups is 1. The summed E-state index contributed by atoms with van der Waals surface area (Å²) in [7, 11) is -3.47. The summed E-state index contributed by atoms with van der Waals surface area (Å²) >= 11 is 0. The van der Waals surface area contributed by atoms with Gasteiger partial charge in [-0.25, -0.2) is 8.42 Å². The van der Waals surface area contributed by atoms with Gasteiger partial charge in [0, 0.05) is 50.5 Å². The molecule has 0 radical (unpaired) electrons. The van der Waals surface area contributed by atoms with Crippen LogP contribution in [-0.4, -0.2) is 65.4 Å². The highest BCUT2D eigenvalue weighted by Gasteiger charge is 2.69. The van der Waals surface area contributed by atoms with Crippen LogP contribution in [0.25, 0.3) is 0 Å². The van der Waals surface area contributed by atoms with Gasteiger partial charge in [-0.2, -0.15) is 0 Å². The summed E-state index contributed by atoms with van der Waals surface area (Å²) < 4.78 is 25.8. The highest BCUT2D eigenvalue weighted by molar-refractivity contribution is 7.92. The van der Waals surface area contributed by atoms with Crippen molar-refractivity contribution in [2.45, 2.75) is 150 Å². The van der Waals surface area contributed by atoms with E-state index in [4.69, 9.17) is 6.42 Å². The SMILES string of the molecule is C#CCCC(CC(=O)[C@@H]1[C@@H]2C(CN1C(=O)[C@@H](CC(=O)CC1(CS(=O)(=O)C(C)(C)C)CCCCC1)C(C)(C)C)C2(C)C)C(=O)C(=O)CCC. The van der Waals surface area contributed by atoms with Crippen molar-refractivity contribution < 1.29 is 32.4 Å². The number of ketones is 4. The lowest BCUT2D eigenvalue weighted by atomic mass is 9.70. The highest BCUT2D eigenvalue weighted by atomic mass is 32.2. The summed E-state index contributed by atoms with van der Waals surface area (Å²) in [6.07, 6.45) is 10.7. The minimum atomic E-state index is -3.47. The van der Waals surface area contributed by atoms with Crippen LogP contribution < -0.4 is 0 Å². The van der Waals surface area contributed by atoms with Gasteiger partial charge in [0.15, 0.2) is 21.4 Å². The Bertz CT molecular complexity index is 1400. The maximum absolute atomic E-state index is 14.5. The lowest BCUT2D eigenvalue weighted by Crippen LogP contribution is -2.51. The van der Waals surface area contributed by atoms with Crippen LogP contribution in [0.2, 0.25) is 0 Å². The Morgan fingerprint density at radius 3 is 2.08 bits per heavy atom. The van der Waals surface area contributed by atoms with Crippen molar-refractivity contribution in [1.29, 1.82) is 0 Å². The Balaban J connectivity index is 1.87. The first kappa shape index (κ1) is 40.1. The zero-order chi connectivity index (χ0) is 36.5. The zero-order valence-electron chi connectivity index (χ0n) is 31.1. The second-order valence-corrected chi connectivity index (χ2v) is 20.5. The van der Waals surface area contributed by atoms with Crippen molar-refractivity contribution in [2.75, 3.05) is 12.3 Å². The van der Waals surface area contributed by atoms with Crippen molar-refractivity contribution in [2.24, 2.45) is 39.9 Å². The molecule has 0 aromatic carbocycles. The summed E-state index contributed by atoms with van der Waals surface area (Å²) in [6.45, 7) is 17.3. The molecule has 1 heterocycles. The Labute approximate surface area is 290 Å². The van der Waals surface area contributed by atoms with E-state index in [9.17, 15) is 32.4 Å². The van der Waals surface area contributed by atoms with Gasteiger partial charge >= 0.3 is 0 Å². The molecular weight excluding hydrogens is 626 g/mol. The standard InChI is InChI=1S/C39H61NO7S/c1-11-13-18-26(34(44)30(42)17-12-2)21-31(43)33-32-29(38(32,9)10)24-40(33)35(45)28(36(3,4)5)22-27(41)23-39(19-15-14-16-20-39)25-48(46,47)37(6,7)8/h1,26,28-29,32-33H,12-25H2,2-10H3/t26?,28-,29?,32+,33-/m1/s1. The van der Waals surface area contributed by atoms with Crippen molar-refractivity contribution in [3.05, 3.63) is 0 Å². The molecule has 0 aromatic rings. The largest absolute Gasteiger partial charge is 0.332 e. The number of rotatable bonds is 16. The minimum absolute atomic E-state index is 0.0232. The average molecular weight is 688 g/mol. The van der Waals surface area contributed by atoms with Crippen LogP contribution in [0, 0.1) is 52.3 Å². The van der Waals surface area contributed by atoms with E-state index in [0.29, 0.717) is 25.8 Å². The second-order valence-electron chi connectivity index (χ2n) is 17.8. The topological polar surface area (TPSA) is 123 Å². The molecule has 1 saturated heterocycles. The van der Waals surface area contributed by atoms with Gasteiger partial charge in [0.2, 0.25) is 11.7 Å². The molecule has 270 valence electrons. The number of carbonyl (C=O) groups is 5. The monoisotopic (exact) mass is 687 g/mol. The Morgan fingerprint density at radius 2 is 1.56 bits per heavy atom. The first-order valence-corrected chi connectivity index (χ1v) is 19.8. The predicted octanol–water partition coefficient (Wildman–Crippen LogP) is 6.57. The van der Waals surface area contributed by atoms with Crippen molar-refractivity contribution in [3.8, 4) is 12.3 Å². The van der Waals surface area contributed by atoms with E-state index in [1.165, 1.54) is 0 Å². The van der Waals surface area contributed by atoms with Gasteiger partial charge in [-0.05, 0) is 74.5 Å². The molecule has 9 heteroatoms. The lowest BCUT2D eigenvalue weighted by molar-refractivity contribution is -0.148. The number of hydrogen-bond acceptors (Lipinski definition) is 7. The van der Waals surface area contributed by atoms with E-state index in [0.717, 1.165) is 19.3 Å². The smallest absolute Gasteiger partial charge is 0.227 e. The predicted molar refractivity (Wildman–Crippen MR) is 189 cm³/mol. The molecule has 48 heavy (non-hydrogen) atoms. The van der Waals surface area contributed by atoms with Crippen LogP contribution in [0.5, 0.6) is 0 Å². The maximum atomic E-state index is 14.5. The summed E-state index contributed by atoms with van der Waals surface area (Å²) in [5, 5.41) is 0. The first-order valence-electron chi connectivity index (χ1n) is 18.1. The summed E-state index contributed by atoms with van der Waals surface area (Å²) in [5.41, 5.74) is -1.38. The molecule has 8 nitrogen and oxygen atoms in total. The number of likely N-dealkylation sites (tertiary alicyclic amines) is 1. The molecule has 0 aromatic heterocycles. The van der Waals surface area contributed by atoms with Gasteiger partial charge in [0.25, 0.3) is 0 Å². The van der Waals surface area contributed by atoms with E-state index in [1.54, 1.807) is 25.7 Å². The number of Topliss-reactive ketones (excluding diaryl/α,β-unsaturated/α-hetero) is 4. The fourth-order valence-corrected chi connectivity index (χ4v) is 10.0. The number of piperidine rings is 1. The van der Waals surface area contributed by atoms with Gasteiger partial charge in [-0.15, -0.1) is 12.3 Å². The number of carbonyl (C=O) groups excluding carboxylic acids is 5. The normalized spacial score (nSPS) is 24.6. The fraction of sp³-hybridized carbons (Fsp3) is 0.821. The van der Waals surface area contributed by atoms with Crippen LogP contribution in [0.4, 0.5) is 0 Å². The lowest BCUT2D eigenvalue weighted by Gasteiger charge is -2.40. The third-order valence-corrected chi connectivity index (χ3v) is 14.6. The number of nitrogens with zero attached hydrogens (tertiary/aromatic N) is 1. The molecule has 0 N–H and O–H groups in total. The molecule has 3 rings (SSSR count). The van der Waals surface area contributed by atoms with Gasteiger partial charge in [-0.1, -0.05) is 60.8 Å². The first-order chi connectivity index (χ1) is 22.0. The Morgan fingerprint density at radius 1 is 0.958 bits per heavy atom. The molecule has 0 spiro atoms. The molecule has 2 unspecified atom stereocenters. The Hall–Kier alpha value is -2.34. The van der Waals surface area contributed by atoms with E-state index >= 15 is 0 Å². The van der Waals surface area contributed by atoms with Gasteiger partial charge in [-0.3, -0.25) is 24.0 Å². The quantitative estimate of drug-likeness (QED) is 0.133. The molecular formula is C39H61NO7S. The molecule has 5 atom stereocenters. The van der Waals surface area contributed by atoms with E-state index in [-0.39, 0.29) is 79.0 Å². The zero-order valence-corrected chi connectivity index (χ0v) is 31.9. The summed E-state index contributed by atoms with van der Waals surface area (Å²) in [6, 6.07) is -0.735. The van der Waals surface area contributed by atoms with E-state index in [2.05, 4.69) is 19.8 Å². The third kappa shape index (κ3) is 8.87. The molecule has 2 saturated carbocycles. The molecule has 3 fully saturated rings. The van der Waals surface area contributed by atoms with Crippen LogP contribution in [0.1, 0.15) is 139 Å². The maximum Gasteiger partial charge on any atom is 0.227 e. The van der Waals surface area contributed by atoms with Gasteiger partial charge in [0.05, 0.1) is 16.5 Å². The van der Waals surface area contributed by atoms with Crippen molar-refractivity contribution in [1.82, 2.24) is 4.90 Å². The van der Waals surface area contributed by atoms with E-state index < -0.39 is 54.9 Å². The molecule has 1 amide bonds. The number of hydrogen-bond donors (Lipinski definition) is 0. The average Bonchev–Trinajstić information content (AvgIpc) is 3.27. The van der Waals surface area contributed by atoms with Crippen molar-refractivity contribution in [3.63, 3.8) is 0 Å². The van der Waals surface area contributed by atoms with Crippen LogP contribution >= 0.6 is 0 Å². The van der Waals surface area contributed by atoms with Crippen LogP contribution in [0.15, 0.2) is 0 Å². The third-order valence-electron chi connectivity index (χ3n) is 11.7. The van der Waals surface area contributed by atoms with Gasteiger partial charge < -0.3 is 4.90 Å². The molecule has 1 aliphatic heterocycles. The number of fused-ring (bicyclic) bond motifs is 1. The van der Waals surface area contributed by atoms with E-state index in [1.807, 2.05) is 27.7 Å². The van der Waals surface area contributed by atoms with Gasteiger partial charge in [0.1, 0.15) is 5.78 Å². The summed E-state index contributed by atoms with van der Waals surface area (Å²) in [5.74, 6) is -0.616. The van der Waals surface area contributed by atoms with Crippen LogP contribution in [-0.2, 0) is 33.8 Å². The molecule has 0 bridgehead atoms. The minimum Gasteiger partial charge on any atom is -0.332 e.